The summed E-state index contributed by atoms with van der Waals surface area (Å²) in [6.07, 6.45) is 5.57. The van der Waals surface area contributed by atoms with Crippen LogP contribution in [-0.4, -0.2) is 25.7 Å². The van der Waals surface area contributed by atoms with Crippen LogP contribution in [-0.2, 0) is 0 Å². The minimum Gasteiger partial charge on any atom is -0.138 e. The second-order valence-electron chi connectivity index (χ2n) is 2.30. The van der Waals surface area contributed by atoms with Gasteiger partial charge >= 0.3 is 0 Å². The summed E-state index contributed by atoms with van der Waals surface area (Å²) in [5, 5.41) is 0. The first kappa shape index (κ1) is 8.86. The molecule has 0 aromatic carbocycles. The number of hydrogen-bond donors (Lipinski definition) is 0. The summed E-state index contributed by atoms with van der Waals surface area (Å²) in [5.41, 5.74) is 0. The highest BCUT2D eigenvalue weighted by Crippen LogP contribution is 2.25. The van der Waals surface area contributed by atoms with Crippen LogP contribution in [0.25, 0.3) is 0 Å². The van der Waals surface area contributed by atoms with Crippen LogP contribution in [0, 0.1) is 0 Å². The highest BCUT2D eigenvalue weighted by molar-refractivity contribution is 7.55. The van der Waals surface area contributed by atoms with Gasteiger partial charge < -0.3 is 0 Å². The molecule has 50 valence electrons. The lowest BCUT2D eigenvalue weighted by Crippen LogP contribution is -1.81. The van der Waals surface area contributed by atoms with Crippen molar-refractivity contribution < 1.29 is 0 Å². The van der Waals surface area contributed by atoms with Crippen LogP contribution in [0.3, 0.4) is 0 Å². The van der Waals surface area contributed by atoms with E-state index in [1.54, 1.807) is 0 Å². The fraction of sp³-hybridized carbons (Fsp3) is 1.00. The van der Waals surface area contributed by atoms with Crippen molar-refractivity contribution in [3.8, 4) is 0 Å². The molecule has 0 saturated carbocycles. The molecule has 0 saturated heterocycles. The predicted octanol–water partition coefficient (Wildman–Crippen LogP) is 2.38. The van der Waals surface area contributed by atoms with E-state index in [0.29, 0.717) is 7.92 Å². The SMILES string of the molecule is CP(C)CCCCP. The minimum absolute atomic E-state index is 0.379. The van der Waals surface area contributed by atoms with E-state index in [4.69, 9.17) is 0 Å². The van der Waals surface area contributed by atoms with E-state index in [1.807, 2.05) is 0 Å². The van der Waals surface area contributed by atoms with Gasteiger partial charge in [0, 0.05) is 0 Å². The van der Waals surface area contributed by atoms with Gasteiger partial charge in [-0.3, -0.25) is 0 Å². The van der Waals surface area contributed by atoms with Crippen LogP contribution < -0.4 is 0 Å². The molecule has 8 heavy (non-hydrogen) atoms. The fourth-order valence-corrected chi connectivity index (χ4v) is 1.72. The monoisotopic (exact) mass is 150 g/mol. The third-order valence-corrected chi connectivity index (χ3v) is 2.68. The van der Waals surface area contributed by atoms with Crippen molar-refractivity contribution in [3.05, 3.63) is 0 Å². The van der Waals surface area contributed by atoms with Crippen molar-refractivity contribution in [3.63, 3.8) is 0 Å². The molecule has 0 bridgehead atoms. The fourth-order valence-electron chi connectivity index (χ4n) is 0.572. The highest BCUT2D eigenvalue weighted by atomic mass is 31.1. The molecule has 0 amide bonds. The molecule has 0 aromatic heterocycles. The zero-order chi connectivity index (χ0) is 6.41. The molecule has 0 aliphatic carbocycles. The van der Waals surface area contributed by atoms with Gasteiger partial charge in [0.2, 0.25) is 0 Å². The van der Waals surface area contributed by atoms with E-state index in [-0.39, 0.29) is 0 Å². The molecule has 0 rings (SSSR count). The average Bonchev–Trinajstić information content (AvgIpc) is 1.66. The Labute approximate surface area is 56.4 Å². The molecule has 1 atom stereocenters. The van der Waals surface area contributed by atoms with Crippen molar-refractivity contribution in [2.24, 2.45) is 0 Å². The summed E-state index contributed by atoms with van der Waals surface area (Å²) in [6, 6.07) is 0. The van der Waals surface area contributed by atoms with Crippen molar-refractivity contribution in [1.82, 2.24) is 0 Å². The summed E-state index contributed by atoms with van der Waals surface area (Å²) >= 11 is 0. The predicted molar refractivity (Wildman–Crippen MR) is 47.4 cm³/mol. The molecule has 0 aromatic rings. The molecule has 0 radical (unpaired) electrons. The lowest BCUT2D eigenvalue weighted by atomic mass is 10.4. The summed E-state index contributed by atoms with van der Waals surface area (Å²) in [4.78, 5) is 0. The van der Waals surface area contributed by atoms with Gasteiger partial charge in [-0.1, -0.05) is 0 Å². The van der Waals surface area contributed by atoms with Crippen LogP contribution >= 0.6 is 17.2 Å². The molecular weight excluding hydrogens is 134 g/mol. The molecule has 0 heterocycles. The molecular formula is C6H16P2. The Morgan fingerprint density at radius 1 is 1.25 bits per heavy atom. The van der Waals surface area contributed by atoms with E-state index < -0.39 is 0 Å². The lowest BCUT2D eigenvalue weighted by Gasteiger charge is -2.01. The minimum atomic E-state index is 0.379. The molecule has 1 unspecified atom stereocenters. The zero-order valence-electron chi connectivity index (χ0n) is 5.85. The Morgan fingerprint density at radius 3 is 2.25 bits per heavy atom. The molecule has 2 heteroatoms. The second kappa shape index (κ2) is 5.99. The van der Waals surface area contributed by atoms with Crippen molar-refractivity contribution in [2.45, 2.75) is 12.8 Å². The van der Waals surface area contributed by atoms with E-state index in [0.717, 1.165) is 0 Å². The van der Waals surface area contributed by atoms with Gasteiger partial charge in [-0.2, -0.15) is 0 Å². The molecule has 0 N–H and O–H groups in total. The third-order valence-electron chi connectivity index (χ3n) is 1.06. The standard InChI is InChI=1S/C6H16P2/c1-8(2)6-4-3-5-7/h3-7H2,1-2H3. The van der Waals surface area contributed by atoms with Gasteiger partial charge in [-0.05, 0) is 38.5 Å². The van der Waals surface area contributed by atoms with Gasteiger partial charge in [-0.15, -0.1) is 17.2 Å². The second-order valence-corrected chi connectivity index (χ2v) is 5.48. The maximum atomic E-state index is 2.77. The largest absolute Gasteiger partial charge is 0.138 e. The summed E-state index contributed by atoms with van der Waals surface area (Å²) in [5.74, 6) is 0. The van der Waals surface area contributed by atoms with E-state index >= 15 is 0 Å². The summed E-state index contributed by atoms with van der Waals surface area (Å²) < 4.78 is 0. The topological polar surface area (TPSA) is 0 Å². The highest BCUT2D eigenvalue weighted by Gasteiger charge is 1.89. The Morgan fingerprint density at radius 2 is 1.88 bits per heavy atom. The first-order valence-electron chi connectivity index (χ1n) is 3.12. The average molecular weight is 150 g/mol. The third kappa shape index (κ3) is 6.86. The summed E-state index contributed by atoms with van der Waals surface area (Å²) in [6.45, 7) is 4.69. The lowest BCUT2D eigenvalue weighted by molar-refractivity contribution is 0.903. The van der Waals surface area contributed by atoms with Crippen LogP contribution in [0.5, 0.6) is 0 Å². The van der Waals surface area contributed by atoms with E-state index in [9.17, 15) is 0 Å². The summed E-state index contributed by atoms with van der Waals surface area (Å²) in [7, 11) is 3.15. The van der Waals surface area contributed by atoms with Crippen LogP contribution in [0.4, 0.5) is 0 Å². The Kier molecular flexibility index (Phi) is 6.63. The quantitative estimate of drug-likeness (QED) is 0.426. The van der Waals surface area contributed by atoms with E-state index in [2.05, 4.69) is 22.6 Å². The Hall–Kier alpha value is 0.860. The molecule has 0 fully saturated rings. The molecule has 0 aliphatic heterocycles. The van der Waals surface area contributed by atoms with Gasteiger partial charge in [0.1, 0.15) is 0 Å². The normalized spacial score (nSPS) is 10.5. The van der Waals surface area contributed by atoms with Gasteiger partial charge in [0.05, 0.1) is 0 Å². The van der Waals surface area contributed by atoms with Gasteiger partial charge in [0.15, 0.2) is 0 Å². The number of rotatable bonds is 4. The molecule has 0 spiro atoms. The van der Waals surface area contributed by atoms with Crippen LogP contribution in [0.1, 0.15) is 12.8 Å². The smallest absolute Gasteiger partial charge is 0.0331 e. The first-order valence-corrected chi connectivity index (χ1v) is 6.36. The molecule has 0 nitrogen and oxygen atoms in total. The zero-order valence-corrected chi connectivity index (χ0v) is 7.90. The van der Waals surface area contributed by atoms with E-state index in [1.165, 1.54) is 25.2 Å². The molecule has 0 aliphatic rings. The van der Waals surface area contributed by atoms with Crippen LogP contribution in [0.2, 0.25) is 0 Å². The first-order chi connectivity index (χ1) is 3.77. The maximum absolute atomic E-state index is 2.77. The Balaban J connectivity index is 2.72. The maximum Gasteiger partial charge on any atom is -0.0331 e. The van der Waals surface area contributed by atoms with Gasteiger partial charge in [0.25, 0.3) is 0 Å². The number of hydrogen-bond acceptors (Lipinski definition) is 0. The van der Waals surface area contributed by atoms with Crippen molar-refractivity contribution in [2.75, 3.05) is 25.7 Å². The Bertz CT molecular complexity index is 43.8. The van der Waals surface area contributed by atoms with Crippen molar-refractivity contribution in [1.29, 1.82) is 0 Å². The number of unbranched alkanes of at least 4 members (excludes halogenated alkanes) is 1. The van der Waals surface area contributed by atoms with Crippen molar-refractivity contribution >= 4 is 17.2 Å². The van der Waals surface area contributed by atoms with Gasteiger partial charge in [-0.25, -0.2) is 0 Å². The van der Waals surface area contributed by atoms with Crippen LogP contribution in [0.15, 0.2) is 0 Å².